The van der Waals surface area contributed by atoms with E-state index in [1.807, 2.05) is 0 Å². The highest BCUT2D eigenvalue weighted by molar-refractivity contribution is 4.93. The van der Waals surface area contributed by atoms with E-state index in [9.17, 15) is 5.11 Å². The van der Waals surface area contributed by atoms with Gasteiger partial charge in [-0.25, -0.2) is 0 Å². The minimum atomic E-state index is -0.145. The van der Waals surface area contributed by atoms with E-state index in [1.54, 1.807) is 0 Å². The van der Waals surface area contributed by atoms with Gasteiger partial charge in [0.1, 0.15) is 0 Å². The van der Waals surface area contributed by atoms with Crippen LogP contribution in [0.1, 0.15) is 71.6 Å². The number of hydrogen-bond donors (Lipinski definition) is 1. The highest BCUT2D eigenvalue weighted by Crippen LogP contribution is 2.34. The summed E-state index contributed by atoms with van der Waals surface area (Å²) in [5.74, 6) is 0.532. The Morgan fingerprint density at radius 3 is 1.94 bits per heavy atom. The van der Waals surface area contributed by atoms with Crippen LogP contribution in [-0.2, 0) is 0 Å². The molecule has 1 saturated heterocycles. The zero-order chi connectivity index (χ0) is 13.0. The van der Waals surface area contributed by atoms with Gasteiger partial charge in [0, 0.05) is 5.54 Å². The van der Waals surface area contributed by atoms with E-state index in [0.717, 1.165) is 0 Å². The van der Waals surface area contributed by atoms with Gasteiger partial charge in [-0.1, -0.05) is 32.1 Å². The van der Waals surface area contributed by atoms with Crippen LogP contribution in [0.3, 0.4) is 0 Å². The van der Waals surface area contributed by atoms with Crippen molar-refractivity contribution in [2.24, 2.45) is 5.92 Å². The van der Waals surface area contributed by atoms with Gasteiger partial charge in [-0.2, -0.15) is 0 Å². The molecule has 18 heavy (non-hydrogen) atoms. The molecule has 2 aliphatic rings. The fourth-order valence-corrected chi connectivity index (χ4v) is 3.86. The average molecular weight is 253 g/mol. The number of nitrogens with zero attached hydrogens (tertiary/aromatic N) is 1. The van der Waals surface area contributed by atoms with Crippen LogP contribution in [0.15, 0.2) is 0 Å². The molecule has 1 saturated carbocycles. The minimum Gasteiger partial charge on any atom is -0.391 e. The van der Waals surface area contributed by atoms with Gasteiger partial charge in [0.15, 0.2) is 0 Å². The smallest absolute Gasteiger partial charge is 0.0746 e. The highest BCUT2D eigenvalue weighted by Gasteiger charge is 2.39. The maximum absolute atomic E-state index is 10.8. The summed E-state index contributed by atoms with van der Waals surface area (Å²) < 4.78 is 0. The van der Waals surface area contributed by atoms with Crippen molar-refractivity contribution in [3.8, 4) is 0 Å². The van der Waals surface area contributed by atoms with Gasteiger partial charge in [-0.15, -0.1) is 0 Å². The molecule has 0 aromatic heterocycles. The summed E-state index contributed by atoms with van der Waals surface area (Å²) in [4.78, 5) is 2.53. The number of rotatable bonds is 3. The van der Waals surface area contributed by atoms with Crippen molar-refractivity contribution < 1.29 is 5.11 Å². The summed E-state index contributed by atoms with van der Waals surface area (Å²) in [7, 11) is 0. The quantitative estimate of drug-likeness (QED) is 0.777. The third-order valence-corrected chi connectivity index (χ3v) is 5.24. The summed E-state index contributed by atoms with van der Waals surface area (Å²) in [6.07, 6.45) is 11.7. The summed E-state index contributed by atoms with van der Waals surface area (Å²) in [6.45, 7) is 6.87. The molecule has 2 heteroatoms. The molecule has 1 aliphatic carbocycles. The molecule has 1 N–H and O–H groups in total. The molecular weight excluding hydrogens is 222 g/mol. The van der Waals surface area contributed by atoms with Crippen LogP contribution in [-0.4, -0.2) is 34.7 Å². The van der Waals surface area contributed by atoms with Gasteiger partial charge in [0.05, 0.1) is 6.10 Å². The lowest BCUT2D eigenvalue weighted by Crippen LogP contribution is -2.56. The lowest BCUT2D eigenvalue weighted by atomic mass is 9.81. The van der Waals surface area contributed by atoms with Crippen molar-refractivity contribution in [1.29, 1.82) is 0 Å². The zero-order valence-corrected chi connectivity index (χ0v) is 12.3. The van der Waals surface area contributed by atoms with Gasteiger partial charge >= 0.3 is 0 Å². The van der Waals surface area contributed by atoms with Crippen molar-refractivity contribution >= 4 is 0 Å². The largest absolute Gasteiger partial charge is 0.391 e. The van der Waals surface area contributed by atoms with Gasteiger partial charge < -0.3 is 5.11 Å². The van der Waals surface area contributed by atoms with E-state index in [4.69, 9.17) is 0 Å². The first-order valence-corrected chi connectivity index (χ1v) is 8.05. The fourth-order valence-electron chi connectivity index (χ4n) is 3.86. The van der Waals surface area contributed by atoms with Crippen molar-refractivity contribution in [2.75, 3.05) is 13.1 Å². The molecule has 2 fully saturated rings. The van der Waals surface area contributed by atoms with E-state index >= 15 is 0 Å². The molecule has 0 aromatic carbocycles. The van der Waals surface area contributed by atoms with E-state index in [-0.39, 0.29) is 11.6 Å². The Morgan fingerprint density at radius 2 is 1.39 bits per heavy atom. The van der Waals surface area contributed by atoms with E-state index < -0.39 is 0 Å². The number of hydrogen-bond acceptors (Lipinski definition) is 2. The Bertz CT molecular complexity index is 237. The number of aliphatic hydroxyl groups is 1. The molecular formula is C16H31NO. The Labute approximate surface area is 113 Å². The Kier molecular flexibility index (Phi) is 5.08. The normalized spacial score (nSPS) is 26.8. The second-order valence-corrected chi connectivity index (χ2v) is 6.90. The van der Waals surface area contributed by atoms with Crippen LogP contribution in [0.4, 0.5) is 0 Å². The molecule has 0 spiro atoms. The number of likely N-dealkylation sites (tertiary alicyclic amines) is 1. The van der Waals surface area contributed by atoms with Crippen molar-refractivity contribution in [2.45, 2.75) is 83.3 Å². The second-order valence-electron chi connectivity index (χ2n) is 6.90. The van der Waals surface area contributed by atoms with Crippen LogP contribution in [0.25, 0.3) is 0 Å². The van der Waals surface area contributed by atoms with Gasteiger partial charge in [0.2, 0.25) is 0 Å². The summed E-state index contributed by atoms with van der Waals surface area (Å²) in [5.41, 5.74) is -0.0323. The average Bonchev–Trinajstić information content (AvgIpc) is 2.67. The van der Waals surface area contributed by atoms with Crippen molar-refractivity contribution in [1.82, 2.24) is 4.90 Å². The molecule has 2 nitrogen and oxygen atoms in total. The molecule has 0 amide bonds. The van der Waals surface area contributed by atoms with Crippen LogP contribution in [0, 0.1) is 5.92 Å². The first kappa shape index (κ1) is 14.3. The Hall–Kier alpha value is -0.0800. The maximum atomic E-state index is 10.8. The van der Waals surface area contributed by atoms with E-state index in [0.29, 0.717) is 5.92 Å². The minimum absolute atomic E-state index is 0.0323. The number of aliphatic hydroxyl groups excluding tert-OH is 1. The van der Waals surface area contributed by atoms with E-state index in [2.05, 4.69) is 18.7 Å². The first-order valence-electron chi connectivity index (χ1n) is 8.05. The molecule has 0 bridgehead atoms. The second kappa shape index (κ2) is 6.38. The molecule has 1 atom stereocenters. The molecule has 2 rings (SSSR count). The summed E-state index contributed by atoms with van der Waals surface area (Å²) in [5, 5.41) is 10.8. The molecule has 106 valence electrons. The summed E-state index contributed by atoms with van der Waals surface area (Å²) in [6, 6.07) is 0. The van der Waals surface area contributed by atoms with Crippen molar-refractivity contribution in [3.05, 3.63) is 0 Å². The lowest BCUT2D eigenvalue weighted by Gasteiger charge is -2.46. The van der Waals surface area contributed by atoms with Crippen LogP contribution in [0.5, 0.6) is 0 Å². The molecule has 1 aliphatic heterocycles. The Balaban J connectivity index is 1.97. The zero-order valence-electron chi connectivity index (χ0n) is 12.3. The first-order chi connectivity index (χ1) is 8.62. The molecule has 1 heterocycles. The standard InChI is InChI=1S/C16H31NO/c1-16(2,17-12-8-5-9-13-17)15(18)14-10-6-3-4-7-11-14/h14-15,18H,3-13H2,1-2H3. The number of piperidine rings is 1. The van der Waals surface area contributed by atoms with E-state index in [1.165, 1.54) is 70.9 Å². The monoisotopic (exact) mass is 253 g/mol. The summed E-state index contributed by atoms with van der Waals surface area (Å²) >= 11 is 0. The maximum Gasteiger partial charge on any atom is 0.0746 e. The third-order valence-electron chi connectivity index (χ3n) is 5.24. The Morgan fingerprint density at radius 1 is 0.889 bits per heavy atom. The highest BCUT2D eigenvalue weighted by atomic mass is 16.3. The van der Waals surface area contributed by atoms with Crippen molar-refractivity contribution in [3.63, 3.8) is 0 Å². The lowest BCUT2D eigenvalue weighted by molar-refractivity contribution is -0.0525. The molecule has 1 unspecified atom stereocenters. The molecule has 0 radical (unpaired) electrons. The SMILES string of the molecule is CC(C)(C(O)C1CCCCCC1)N1CCCCC1. The van der Waals surface area contributed by atoms with Gasteiger partial charge in [-0.05, 0) is 58.5 Å². The van der Waals surface area contributed by atoms with Crippen LogP contribution < -0.4 is 0 Å². The third kappa shape index (κ3) is 3.27. The van der Waals surface area contributed by atoms with Crippen LogP contribution in [0.2, 0.25) is 0 Å². The topological polar surface area (TPSA) is 23.5 Å². The predicted molar refractivity (Wildman–Crippen MR) is 76.7 cm³/mol. The predicted octanol–water partition coefficient (Wildman–Crippen LogP) is 3.58. The van der Waals surface area contributed by atoms with Gasteiger partial charge in [0.25, 0.3) is 0 Å². The van der Waals surface area contributed by atoms with Gasteiger partial charge in [-0.3, -0.25) is 4.90 Å². The fraction of sp³-hybridized carbons (Fsp3) is 1.00. The van der Waals surface area contributed by atoms with Crippen LogP contribution >= 0.6 is 0 Å². The molecule has 0 aromatic rings.